The van der Waals surface area contributed by atoms with Crippen molar-refractivity contribution < 1.29 is 31.3 Å². The maximum atomic E-state index is 13.2. The summed E-state index contributed by atoms with van der Waals surface area (Å²) in [4.78, 5) is 25.6. The fourth-order valence-electron chi connectivity index (χ4n) is 3.87. The first-order valence-electron chi connectivity index (χ1n) is 8.72. The zero-order chi connectivity index (χ0) is 21.8. The van der Waals surface area contributed by atoms with Crippen LogP contribution in [0.25, 0.3) is 0 Å². The summed E-state index contributed by atoms with van der Waals surface area (Å²) in [6.07, 6.45) is -4.63. The molecule has 2 amide bonds. The molecule has 0 radical (unpaired) electrons. The molecule has 0 aromatic heterocycles. The number of anilines is 2. The van der Waals surface area contributed by atoms with E-state index in [-0.39, 0.29) is 28.6 Å². The molecule has 2 aliphatic heterocycles. The topological polar surface area (TPSA) is 101 Å². The van der Waals surface area contributed by atoms with Crippen LogP contribution < -0.4 is 9.80 Å². The Morgan fingerprint density at radius 2 is 1.53 bits per heavy atom. The van der Waals surface area contributed by atoms with E-state index in [9.17, 15) is 36.5 Å². The molecule has 0 bridgehead atoms. The summed E-state index contributed by atoms with van der Waals surface area (Å²) < 4.78 is 63.8. The van der Waals surface area contributed by atoms with E-state index in [1.807, 2.05) is 0 Å². The third kappa shape index (κ3) is 3.36. The number of carbonyl (C=O) groups is 1. The molecule has 12 heteroatoms. The molecule has 0 unspecified atom stereocenters. The zero-order valence-corrected chi connectivity index (χ0v) is 15.9. The minimum absolute atomic E-state index is 0.0636. The second-order valence-electron chi connectivity index (χ2n) is 7.06. The van der Waals surface area contributed by atoms with Gasteiger partial charge < -0.3 is 0 Å². The molecule has 2 atom stereocenters. The highest BCUT2D eigenvalue weighted by Gasteiger charge is 2.54. The van der Waals surface area contributed by atoms with Gasteiger partial charge in [0.2, 0.25) is 0 Å². The molecule has 4 rings (SSSR count). The number of urea groups is 1. The molecule has 2 saturated heterocycles. The van der Waals surface area contributed by atoms with E-state index in [1.54, 1.807) is 0 Å². The number of nitro benzene ring substituents is 1. The van der Waals surface area contributed by atoms with Crippen molar-refractivity contribution in [2.24, 2.45) is 0 Å². The number of carbonyl (C=O) groups excluding carboxylic acids is 1. The number of nitrogens with zero attached hydrogens (tertiary/aromatic N) is 3. The lowest BCUT2D eigenvalue weighted by Gasteiger charge is -2.23. The molecule has 2 aromatic carbocycles. The molecular formula is C18H14F3N3O5S. The fourth-order valence-corrected chi connectivity index (χ4v) is 5.79. The normalized spacial score (nSPS) is 23.0. The van der Waals surface area contributed by atoms with Gasteiger partial charge in [0.1, 0.15) is 0 Å². The second kappa shape index (κ2) is 6.69. The van der Waals surface area contributed by atoms with Gasteiger partial charge in [-0.2, -0.15) is 13.2 Å². The SMILES string of the molecule is O=C1N(c2cccc(C(F)(F)F)c2)[C@@H]2CS(=O)(=O)C[C@@H]2N1c1ccc([N+](=O)[O-])cc1. The molecular weight excluding hydrogens is 427 g/mol. The lowest BCUT2D eigenvalue weighted by Crippen LogP contribution is -2.38. The van der Waals surface area contributed by atoms with Crippen LogP contribution in [0.1, 0.15) is 5.56 Å². The lowest BCUT2D eigenvalue weighted by molar-refractivity contribution is -0.384. The predicted octanol–water partition coefficient (Wildman–Crippen LogP) is 3.23. The van der Waals surface area contributed by atoms with Crippen LogP contribution >= 0.6 is 0 Å². The van der Waals surface area contributed by atoms with Crippen LogP contribution in [0.15, 0.2) is 48.5 Å². The Hall–Kier alpha value is -3.15. The summed E-state index contributed by atoms with van der Waals surface area (Å²) in [5.74, 6) is -0.737. The number of non-ortho nitro benzene ring substituents is 1. The van der Waals surface area contributed by atoms with Gasteiger partial charge in [-0.3, -0.25) is 19.9 Å². The number of fused-ring (bicyclic) bond motifs is 1. The van der Waals surface area contributed by atoms with Crippen molar-refractivity contribution in [1.82, 2.24) is 0 Å². The second-order valence-corrected chi connectivity index (χ2v) is 9.21. The van der Waals surface area contributed by atoms with Crippen molar-refractivity contribution >= 4 is 32.9 Å². The van der Waals surface area contributed by atoms with Crippen molar-refractivity contribution in [2.45, 2.75) is 18.3 Å². The van der Waals surface area contributed by atoms with E-state index >= 15 is 0 Å². The average Bonchev–Trinajstić information content (AvgIpc) is 3.09. The Bertz CT molecular complexity index is 1130. The van der Waals surface area contributed by atoms with Crippen LogP contribution in [-0.4, -0.2) is 43.0 Å². The van der Waals surface area contributed by atoms with Gasteiger partial charge in [0.15, 0.2) is 9.84 Å². The van der Waals surface area contributed by atoms with Crippen LogP contribution in [0.5, 0.6) is 0 Å². The molecule has 0 N–H and O–H groups in total. The van der Waals surface area contributed by atoms with Crippen LogP contribution in [0.4, 0.5) is 35.0 Å². The fraction of sp³-hybridized carbons (Fsp3) is 0.278. The van der Waals surface area contributed by atoms with Gasteiger partial charge in [0.05, 0.1) is 34.1 Å². The van der Waals surface area contributed by atoms with E-state index in [4.69, 9.17) is 0 Å². The van der Waals surface area contributed by atoms with Gasteiger partial charge in [-0.05, 0) is 30.3 Å². The van der Waals surface area contributed by atoms with Crippen molar-refractivity contribution in [3.8, 4) is 0 Å². The molecule has 2 fully saturated rings. The maximum Gasteiger partial charge on any atom is 0.416 e. The monoisotopic (exact) mass is 441 g/mol. The first-order valence-corrected chi connectivity index (χ1v) is 10.5. The standard InChI is InChI=1S/C18H14F3N3O5S/c19-18(20,21)11-2-1-3-14(8-11)23-16-10-30(28,29)9-15(16)22(17(23)25)12-4-6-13(7-5-12)24(26)27/h1-8,15-16H,9-10H2/t15-,16+/m0/s1. The number of hydrogen-bond acceptors (Lipinski definition) is 5. The molecule has 158 valence electrons. The summed E-state index contributed by atoms with van der Waals surface area (Å²) in [6, 6.07) is 6.73. The van der Waals surface area contributed by atoms with Gasteiger partial charge in [0, 0.05) is 23.5 Å². The summed E-state index contributed by atoms with van der Waals surface area (Å²) >= 11 is 0. The van der Waals surface area contributed by atoms with Gasteiger partial charge in [-0.15, -0.1) is 0 Å². The number of benzene rings is 2. The van der Waals surface area contributed by atoms with Crippen molar-refractivity contribution in [3.05, 3.63) is 64.2 Å². The van der Waals surface area contributed by atoms with Crippen LogP contribution in [0.3, 0.4) is 0 Å². The molecule has 8 nitrogen and oxygen atoms in total. The number of alkyl halides is 3. The highest BCUT2D eigenvalue weighted by atomic mass is 32.2. The summed E-state index contributed by atoms with van der Waals surface area (Å²) in [6.45, 7) is 0. The summed E-state index contributed by atoms with van der Waals surface area (Å²) in [7, 11) is -3.54. The van der Waals surface area contributed by atoms with Crippen LogP contribution in [0.2, 0.25) is 0 Å². The van der Waals surface area contributed by atoms with Gasteiger partial charge >= 0.3 is 12.2 Å². The highest BCUT2D eigenvalue weighted by Crippen LogP contribution is 2.40. The molecule has 2 heterocycles. The number of hydrogen-bond donors (Lipinski definition) is 0. The van der Waals surface area contributed by atoms with Gasteiger partial charge in [0.25, 0.3) is 5.69 Å². The van der Waals surface area contributed by atoms with E-state index in [1.165, 1.54) is 35.2 Å². The van der Waals surface area contributed by atoms with Crippen molar-refractivity contribution in [2.75, 3.05) is 21.3 Å². The third-order valence-electron chi connectivity index (χ3n) is 5.16. The van der Waals surface area contributed by atoms with Crippen molar-refractivity contribution in [1.29, 1.82) is 0 Å². The first kappa shape index (κ1) is 20.1. The molecule has 2 aliphatic rings. The smallest absolute Gasteiger partial charge is 0.288 e. The minimum atomic E-state index is -4.63. The number of halogens is 3. The Morgan fingerprint density at radius 3 is 2.07 bits per heavy atom. The van der Waals surface area contributed by atoms with Gasteiger partial charge in [-0.1, -0.05) is 6.07 Å². The Kier molecular flexibility index (Phi) is 4.49. The largest absolute Gasteiger partial charge is 0.416 e. The van der Waals surface area contributed by atoms with E-state index in [0.717, 1.165) is 23.1 Å². The highest BCUT2D eigenvalue weighted by molar-refractivity contribution is 7.91. The molecule has 0 saturated carbocycles. The predicted molar refractivity (Wildman–Crippen MR) is 101 cm³/mol. The Labute approximate surface area is 168 Å². The molecule has 30 heavy (non-hydrogen) atoms. The van der Waals surface area contributed by atoms with Crippen molar-refractivity contribution in [3.63, 3.8) is 0 Å². The quantitative estimate of drug-likeness (QED) is 0.414. The number of nitro groups is 1. The third-order valence-corrected chi connectivity index (χ3v) is 6.86. The minimum Gasteiger partial charge on any atom is -0.288 e. The van der Waals surface area contributed by atoms with E-state index < -0.39 is 44.6 Å². The number of amides is 2. The summed E-state index contributed by atoms with van der Waals surface area (Å²) in [5, 5.41) is 10.9. The lowest BCUT2D eigenvalue weighted by atomic mass is 10.1. The molecule has 0 spiro atoms. The van der Waals surface area contributed by atoms with E-state index in [2.05, 4.69) is 0 Å². The number of rotatable bonds is 3. The summed E-state index contributed by atoms with van der Waals surface area (Å²) in [5.41, 5.74) is -1.01. The zero-order valence-electron chi connectivity index (χ0n) is 15.1. The first-order chi connectivity index (χ1) is 14.0. The average molecular weight is 441 g/mol. The van der Waals surface area contributed by atoms with Gasteiger partial charge in [-0.25, -0.2) is 13.2 Å². The van der Waals surface area contributed by atoms with Crippen LogP contribution in [-0.2, 0) is 16.0 Å². The molecule has 2 aromatic rings. The molecule has 0 aliphatic carbocycles. The Morgan fingerprint density at radius 1 is 0.967 bits per heavy atom. The van der Waals surface area contributed by atoms with Crippen LogP contribution in [0, 0.1) is 10.1 Å². The maximum absolute atomic E-state index is 13.2. The Balaban J connectivity index is 1.78. The van der Waals surface area contributed by atoms with E-state index in [0.29, 0.717) is 0 Å². The number of sulfone groups is 1.